The molecule has 0 bridgehead atoms. The van der Waals surface area contributed by atoms with Gasteiger partial charge in [-0.25, -0.2) is 4.79 Å². The Labute approximate surface area is 122 Å². The van der Waals surface area contributed by atoms with Crippen LogP contribution in [0.4, 0.5) is 0 Å². The third-order valence-electron chi connectivity index (χ3n) is 2.91. The van der Waals surface area contributed by atoms with E-state index in [1.165, 1.54) is 6.26 Å². The van der Waals surface area contributed by atoms with Crippen LogP contribution in [0, 0.1) is 0 Å². The Bertz CT molecular complexity index is 645. The third kappa shape index (κ3) is 3.70. The Kier molecular flexibility index (Phi) is 3.98. The van der Waals surface area contributed by atoms with Gasteiger partial charge in [-0.15, -0.1) is 0 Å². The van der Waals surface area contributed by atoms with Crippen molar-refractivity contribution in [2.24, 2.45) is 0 Å². The lowest BCUT2D eigenvalue weighted by atomic mass is 10.2. The van der Waals surface area contributed by atoms with Gasteiger partial charge in [0, 0.05) is 0 Å². The quantitative estimate of drug-likeness (QED) is 0.366. The zero-order valence-corrected chi connectivity index (χ0v) is 11.3. The summed E-state index contributed by atoms with van der Waals surface area (Å²) in [6.07, 6.45) is 3.47. The summed E-state index contributed by atoms with van der Waals surface area (Å²) in [7, 11) is 0. The summed E-state index contributed by atoms with van der Waals surface area (Å²) in [6.45, 7) is 0.720. The van der Waals surface area contributed by atoms with E-state index in [-0.39, 0.29) is 6.10 Å². The van der Waals surface area contributed by atoms with E-state index in [0.717, 1.165) is 6.61 Å². The maximum Gasteiger partial charge on any atom is 0.347 e. The summed E-state index contributed by atoms with van der Waals surface area (Å²) in [5.41, 5.74) is 0.378. The van der Waals surface area contributed by atoms with Crippen molar-refractivity contribution in [2.75, 3.05) is 6.61 Å². The Hall–Kier alpha value is -2.59. The first-order valence-corrected chi connectivity index (χ1v) is 6.64. The second-order valence-corrected chi connectivity index (χ2v) is 4.52. The van der Waals surface area contributed by atoms with Crippen LogP contribution < -0.4 is 9.47 Å². The molecule has 1 saturated heterocycles. The molecule has 0 saturated carbocycles. The summed E-state index contributed by atoms with van der Waals surface area (Å²) in [5.74, 6) is 0.502. The number of epoxide rings is 1. The fourth-order valence-corrected chi connectivity index (χ4v) is 1.76. The number of ether oxygens (including phenoxy) is 3. The van der Waals surface area contributed by atoms with Crippen LogP contribution in [-0.2, 0) is 4.74 Å². The largest absolute Gasteiger partial charge is 0.464 e. The minimum atomic E-state index is -0.451. The molecule has 0 aliphatic carbocycles. The van der Waals surface area contributed by atoms with Crippen LogP contribution >= 0.6 is 0 Å². The second kappa shape index (κ2) is 6.24. The van der Waals surface area contributed by atoms with Crippen molar-refractivity contribution in [1.29, 1.82) is 0 Å². The normalized spacial score (nSPS) is 16.7. The minimum absolute atomic E-state index is 0.133. The van der Waals surface area contributed by atoms with Crippen LogP contribution in [0.2, 0.25) is 0 Å². The van der Waals surface area contributed by atoms with Crippen molar-refractivity contribution in [2.45, 2.75) is 6.10 Å². The van der Waals surface area contributed by atoms with Crippen molar-refractivity contribution in [3.63, 3.8) is 0 Å². The predicted octanol–water partition coefficient (Wildman–Crippen LogP) is 3.20. The summed E-state index contributed by atoms with van der Waals surface area (Å²) in [4.78, 5) is 12.2. The average Bonchev–Trinajstić information content (AvgIpc) is 3.33. The Morgan fingerprint density at radius 3 is 2.57 bits per heavy atom. The molecule has 1 atom stereocenters. The first-order valence-electron chi connectivity index (χ1n) is 6.64. The molecule has 0 amide bonds. The number of benzene rings is 2. The van der Waals surface area contributed by atoms with E-state index in [0.29, 0.717) is 17.1 Å². The lowest BCUT2D eigenvalue weighted by molar-refractivity contribution is 0.0732. The molecule has 1 fully saturated rings. The van der Waals surface area contributed by atoms with Gasteiger partial charge < -0.3 is 14.2 Å². The molecule has 4 nitrogen and oxygen atoms in total. The van der Waals surface area contributed by atoms with Gasteiger partial charge in [0.15, 0.2) is 0 Å². The molecular weight excluding hydrogens is 268 g/mol. The molecule has 0 N–H and O–H groups in total. The van der Waals surface area contributed by atoms with Crippen LogP contribution in [0.15, 0.2) is 66.9 Å². The van der Waals surface area contributed by atoms with E-state index < -0.39 is 5.97 Å². The van der Waals surface area contributed by atoms with Crippen LogP contribution in [0.5, 0.6) is 11.5 Å². The molecule has 0 spiro atoms. The highest BCUT2D eigenvalue weighted by atomic mass is 16.6. The van der Waals surface area contributed by atoms with Gasteiger partial charge in [-0.05, 0) is 30.3 Å². The van der Waals surface area contributed by atoms with Gasteiger partial charge in [0.05, 0.1) is 12.9 Å². The van der Waals surface area contributed by atoms with Gasteiger partial charge in [-0.2, -0.15) is 0 Å². The van der Waals surface area contributed by atoms with E-state index in [9.17, 15) is 4.79 Å². The van der Waals surface area contributed by atoms with Crippen molar-refractivity contribution in [1.82, 2.24) is 0 Å². The fourth-order valence-electron chi connectivity index (χ4n) is 1.76. The fraction of sp³-hybridized carbons (Fsp3) is 0.118. The van der Waals surface area contributed by atoms with Gasteiger partial charge in [-0.3, -0.25) is 0 Å². The topological polar surface area (TPSA) is 48.1 Å². The molecule has 106 valence electrons. The van der Waals surface area contributed by atoms with Gasteiger partial charge in [-0.1, -0.05) is 30.3 Å². The van der Waals surface area contributed by atoms with Gasteiger partial charge in [0.1, 0.15) is 23.2 Å². The Morgan fingerprint density at radius 2 is 1.81 bits per heavy atom. The number of hydrogen-bond donors (Lipinski definition) is 0. The van der Waals surface area contributed by atoms with Crippen molar-refractivity contribution < 1.29 is 19.0 Å². The number of carbonyl (C=O) groups excluding carboxylic acids is 1. The number of carbonyl (C=O) groups is 1. The second-order valence-electron chi connectivity index (χ2n) is 4.52. The highest BCUT2D eigenvalue weighted by Gasteiger charge is 2.19. The van der Waals surface area contributed by atoms with Crippen LogP contribution in [0.1, 0.15) is 10.4 Å². The summed E-state index contributed by atoms with van der Waals surface area (Å²) < 4.78 is 15.8. The smallest absolute Gasteiger partial charge is 0.347 e. The standard InChI is InChI=1S/C17H14O4/c18-17(21-13-6-2-1-3-7-13)15-8-4-5-9-16(15)19-11-10-14-12-20-14/h1-11,14H,12H2. The zero-order chi connectivity index (χ0) is 14.5. The minimum Gasteiger partial charge on any atom is -0.464 e. The van der Waals surface area contributed by atoms with E-state index in [4.69, 9.17) is 14.2 Å². The number of para-hydroxylation sites is 2. The lowest BCUT2D eigenvalue weighted by Crippen LogP contribution is -2.09. The SMILES string of the molecule is O=C(Oc1ccccc1)c1ccccc1OC=CC1CO1. The molecule has 21 heavy (non-hydrogen) atoms. The Morgan fingerprint density at radius 1 is 1.10 bits per heavy atom. The molecule has 1 aliphatic heterocycles. The van der Waals surface area contributed by atoms with Crippen molar-refractivity contribution >= 4 is 5.97 Å². The molecule has 1 unspecified atom stereocenters. The maximum atomic E-state index is 12.2. The predicted molar refractivity (Wildman–Crippen MR) is 77.4 cm³/mol. The van der Waals surface area contributed by atoms with E-state index >= 15 is 0 Å². The van der Waals surface area contributed by atoms with Crippen LogP contribution in [0.3, 0.4) is 0 Å². The summed E-state index contributed by atoms with van der Waals surface area (Å²) in [6, 6.07) is 15.9. The molecule has 1 aliphatic rings. The molecule has 2 aromatic carbocycles. The van der Waals surface area contributed by atoms with Crippen LogP contribution in [-0.4, -0.2) is 18.7 Å². The van der Waals surface area contributed by atoms with Gasteiger partial charge in [0.2, 0.25) is 0 Å². The molecular formula is C17H14O4. The molecule has 3 rings (SSSR count). The third-order valence-corrected chi connectivity index (χ3v) is 2.91. The van der Waals surface area contributed by atoms with Crippen molar-refractivity contribution in [3.05, 3.63) is 72.5 Å². The van der Waals surface area contributed by atoms with E-state index in [1.807, 2.05) is 18.2 Å². The number of hydrogen-bond acceptors (Lipinski definition) is 4. The summed E-state index contributed by atoms with van der Waals surface area (Å²) in [5, 5.41) is 0. The monoisotopic (exact) mass is 282 g/mol. The average molecular weight is 282 g/mol. The zero-order valence-electron chi connectivity index (χ0n) is 11.3. The molecule has 0 radical (unpaired) electrons. The van der Waals surface area contributed by atoms with E-state index in [2.05, 4.69) is 0 Å². The Balaban J connectivity index is 1.72. The number of rotatable bonds is 5. The molecule has 2 aromatic rings. The number of esters is 1. The lowest BCUT2D eigenvalue weighted by Gasteiger charge is -2.08. The first kappa shape index (κ1) is 13.4. The van der Waals surface area contributed by atoms with Crippen molar-refractivity contribution in [3.8, 4) is 11.5 Å². The highest BCUT2D eigenvalue weighted by Crippen LogP contribution is 2.21. The van der Waals surface area contributed by atoms with Gasteiger partial charge in [0.25, 0.3) is 0 Å². The molecule has 4 heteroatoms. The first-order chi connectivity index (χ1) is 10.3. The summed E-state index contributed by atoms with van der Waals surface area (Å²) >= 11 is 0. The molecule has 1 heterocycles. The highest BCUT2D eigenvalue weighted by molar-refractivity contribution is 5.94. The molecule has 0 aromatic heterocycles. The van der Waals surface area contributed by atoms with E-state index in [1.54, 1.807) is 42.5 Å². The van der Waals surface area contributed by atoms with Gasteiger partial charge >= 0.3 is 5.97 Å². The maximum absolute atomic E-state index is 12.2. The van der Waals surface area contributed by atoms with Crippen LogP contribution in [0.25, 0.3) is 0 Å².